The van der Waals surface area contributed by atoms with Gasteiger partial charge in [0, 0.05) is 35.5 Å². The molecule has 0 spiro atoms. The molecule has 1 aliphatic rings. The number of ether oxygens (including phenoxy) is 2. The molecule has 0 radical (unpaired) electrons. The van der Waals surface area contributed by atoms with Gasteiger partial charge in [0.2, 0.25) is 11.7 Å². The normalized spacial score (nSPS) is 14.9. The minimum Gasteiger partial charge on any atom is -0.493 e. The number of hydrogen-bond acceptors (Lipinski definition) is 7. The highest BCUT2D eigenvalue weighted by molar-refractivity contribution is 7.08. The number of carbonyl (C=O) groups is 1. The molecule has 0 saturated carbocycles. The second kappa shape index (κ2) is 8.02. The van der Waals surface area contributed by atoms with Crippen LogP contribution in [0.1, 0.15) is 35.0 Å². The molecule has 0 atom stereocenters. The Morgan fingerprint density at radius 2 is 1.96 bits per heavy atom. The average molecular weight is 399 g/mol. The Hall–Kier alpha value is -2.87. The molecular formula is C20H21N3O4S. The first kappa shape index (κ1) is 18.5. The van der Waals surface area contributed by atoms with Gasteiger partial charge in [-0.15, -0.1) is 0 Å². The molecule has 8 heteroatoms. The van der Waals surface area contributed by atoms with Crippen molar-refractivity contribution in [3.05, 3.63) is 46.5 Å². The third-order valence-corrected chi connectivity index (χ3v) is 5.67. The number of carbonyl (C=O) groups excluding carboxylic acids is 1. The van der Waals surface area contributed by atoms with E-state index < -0.39 is 0 Å². The van der Waals surface area contributed by atoms with E-state index in [-0.39, 0.29) is 11.8 Å². The van der Waals surface area contributed by atoms with Crippen LogP contribution in [0.3, 0.4) is 0 Å². The molecular weight excluding hydrogens is 378 g/mol. The quantitative estimate of drug-likeness (QED) is 0.649. The van der Waals surface area contributed by atoms with Crippen molar-refractivity contribution in [3.63, 3.8) is 0 Å². The largest absolute Gasteiger partial charge is 0.493 e. The fourth-order valence-electron chi connectivity index (χ4n) is 3.39. The molecule has 7 nitrogen and oxygen atoms in total. The van der Waals surface area contributed by atoms with Gasteiger partial charge < -0.3 is 18.9 Å². The minimum atomic E-state index is -0.0103. The molecule has 2 aromatic heterocycles. The van der Waals surface area contributed by atoms with Gasteiger partial charge in [-0.25, -0.2) is 0 Å². The lowest BCUT2D eigenvalue weighted by Gasteiger charge is -2.30. The smallest absolute Gasteiger partial charge is 0.253 e. The maximum absolute atomic E-state index is 12.8. The summed E-state index contributed by atoms with van der Waals surface area (Å²) >= 11 is 1.60. The van der Waals surface area contributed by atoms with E-state index in [9.17, 15) is 4.79 Å². The SMILES string of the molecule is COc1ccc(C(=O)N2CCC(c3nc(-c4ccsc4)no3)CC2)cc1OC. The van der Waals surface area contributed by atoms with Gasteiger partial charge in [0.15, 0.2) is 11.5 Å². The summed E-state index contributed by atoms with van der Waals surface area (Å²) in [5.41, 5.74) is 1.56. The molecule has 4 rings (SSSR count). The third kappa shape index (κ3) is 3.60. The molecule has 1 amide bonds. The van der Waals surface area contributed by atoms with Crippen LogP contribution < -0.4 is 9.47 Å². The Labute approximate surface area is 166 Å². The van der Waals surface area contributed by atoms with Gasteiger partial charge in [-0.3, -0.25) is 4.79 Å². The van der Waals surface area contributed by atoms with Crippen molar-refractivity contribution in [1.82, 2.24) is 15.0 Å². The minimum absolute atomic E-state index is 0.0103. The predicted octanol–water partition coefficient (Wildman–Crippen LogP) is 3.84. The lowest BCUT2D eigenvalue weighted by Crippen LogP contribution is -2.38. The number of hydrogen-bond donors (Lipinski definition) is 0. The number of amides is 1. The fourth-order valence-corrected chi connectivity index (χ4v) is 4.03. The van der Waals surface area contributed by atoms with E-state index in [4.69, 9.17) is 14.0 Å². The van der Waals surface area contributed by atoms with Crippen LogP contribution in [0.4, 0.5) is 0 Å². The van der Waals surface area contributed by atoms with Gasteiger partial charge in [-0.05, 0) is 42.5 Å². The number of thiophene rings is 1. The van der Waals surface area contributed by atoms with Gasteiger partial charge in [-0.1, -0.05) is 5.16 Å². The highest BCUT2D eigenvalue weighted by Crippen LogP contribution is 2.31. The lowest BCUT2D eigenvalue weighted by atomic mass is 9.96. The highest BCUT2D eigenvalue weighted by Gasteiger charge is 2.28. The van der Waals surface area contributed by atoms with E-state index in [1.807, 2.05) is 21.7 Å². The summed E-state index contributed by atoms with van der Waals surface area (Å²) in [6, 6.07) is 7.21. The van der Waals surface area contributed by atoms with Gasteiger partial charge in [0.1, 0.15) is 0 Å². The van der Waals surface area contributed by atoms with Crippen molar-refractivity contribution in [2.45, 2.75) is 18.8 Å². The van der Waals surface area contributed by atoms with Crippen LogP contribution in [0.2, 0.25) is 0 Å². The number of benzene rings is 1. The standard InChI is InChI=1S/C20H21N3O4S/c1-25-16-4-3-14(11-17(16)26-2)20(24)23-8-5-13(6-9-23)19-21-18(22-27-19)15-7-10-28-12-15/h3-4,7,10-13H,5-6,8-9H2,1-2H3. The van der Waals surface area contributed by atoms with Crippen LogP contribution in [-0.2, 0) is 0 Å². The van der Waals surface area contributed by atoms with E-state index in [0.29, 0.717) is 41.9 Å². The highest BCUT2D eigenvalue weighted by atomic mass is 32.1. The number of piperidine rings is 1. The summed E-state index contributed by atoms with van der Waals surface area (Å²) in [4.78, 5) is 19.2. The molecule has 3 aromatic rings. The van der Waals surface area contributed by atoms with E-state index in [2.05, 4.69) is 10.1 Å². The zero-order chi connectivity index (χ0) is 19.5. The molecule has 0 N–H and O–H groups in total. The molecule has 3 heterocycles. The maximum Gasteiger partial charge on any atom is 0.253 e. The summed E-state index contributed by atoms with van der Waals surface area (Å²) < 4.78 is 16.0. The van der Waals surface area contributed by atoms with E-state index in [1.54, 1.807) is 43.8 Å². The Bertz CT molecular complexity index is 946. The Morgan fingerprint density at radius 3 is 2.64 bits per heavy atom. The van der Waals surface area contributed by atoms with Crippen LogP contribution >= 0.6 is 11.3 Å². The lowest BCUT2D eigenvalue weighted by molar-refractivity contribution is 0.0704. The summed E-state index contributed by atoms with van der Waals surface area (Å²) in [6.45, 7) is 1.29. The molecule has 28 heavy (non-hydrogen) atoms. The van der Waals surface area contributed by atoms with Crippen molar-refractivity contribution >= 4 is 17.2 Å². The van der Waals surface area contributed by atoms with Crippen LogP contribution in [0.25, 0.3) is 11.4 Å². The monoisotopic (exact) mass is 399 g/mol. The number of aromatic nitrogens is 2. The number of likely N-dealkylation sites (tertiary alicyclic amines) is 1. The van der Waals surface area contributed by atoms with Gasteiger partial charge >= 0.3 is 0 Å². The van der Waals surface area contributed by atoms with Crippen LogP contribution in [0, 0.1) is 0 Å². The fraction of sp³-hybridized carbons (Fsp3) is 0.350. The number of methoxy groups -OCH3 is 2. The summed E-state index contributed by atoms with van der Waals surface area (Å²) in [7, 11) is 3.14. The van der Waals surface area contributed by atoms with Crippen molar-refractivity contribution in [3.8, 4) is 22.9 Å². The first-order valence-electron chi connectivity index (χ1n) is 9.07. The van der Waals surface area contributed by atoms with Crippen molar-refractivity contribution in [2.24, 2.45) is 0 Å². The van der Waals surface area contributed by atoms with Crippen molar-refractivity contribution < 1.29 is 18.8 Å². The average Bonchev–Trinajstić information content (AvgIpc) is 3.44. The molecule has 0 unspecified atom stereocenters. The molecule has 1 saturated heterocycles. The maximum atomic E-state index is 12.8. The molecule has 1 aliphatic heterocycles. The Morgan fingerprint density at radius 1 is 1.18 bits per heavy atom. The first-order chi connectivity index (χ1) is 13.7. The van der Waals surface area contributed by atoms with E-state index >= 15 is 0 Å². The topological polar surface area (TPSA) is 77.7 Å². The summed E-state index contributed by atoms with van der Waals surface area (Å²) in [6.07, 6.45) is 1.59. The molecule has 1 fully saturated rings. The second-order valence-corrected chi connectivity index (χ2v) is 7.38. The molecule has 146 valence electrons. The summed E-state index contributed by atoms with van der Waals surface area (Å²) in [5.74, 6) is 2.60. The zero-order valence-electron chi connectivity index (χ0n) is 15.8. The predicted molar refractivity (Wildman–Crippen MR) is 105 cm³/mol. The Kier molecular flexibility index (Phi) is 5.29. The molecule has 0 bridgehead atoms. The van der Waals surface area contributed by atoms with Crippen LogP contribution in [-0.4, -0.2) is 48.3 Å². The van der Waals surface area contributed by atoms with Crippen molar-refractivity contribution in [1.29, 1.82) is 0 Å². The van der Waals surface area contributed by atoms with Gasteiger partial charge in [0.25, 0.3) is 5.91 Å². The van der Waals surface area contributed by atoms with Crippen LogP contribution in [0.5, 0.6) is 11.5 Å². The van der Waals surface area contributed by atoms with E-state index in [1.165, 1.54) is 0 Å². The van der Waals surface area contributed by atoms with Gasteiger partial charge in [0.05, 0.1) is 14.2 Å². The van der Waals surface area contributed by atoms with Crippen molar-refractivity contribution in [2.75, 3.05) is 27.3 Å². The number of nitrogens with zero attached hydrogens (tertiary/aromatic N) is 3. The first-order valence-corrected chi connectivity index (χ1v) is 10.0. The summed E-state index contributed by atoms with van der Waals surface area (Å²) in [5, 5.41) is 8.07. The van der Waals surface area contributed by atoms with Crippen LogP contribution in [0.15, 0.2) is 39.5 Å². The third-order valence-electron chi connectivity index (χ3n) is 4.98. The zero-order valence-corrected chi connectivity index (χ0v) is 16.6. The molecule has 1 aromatic carbocycles. The Balaban J connectivity index is 1.41. The number of rotatable bonds is 5. The van der Waals surface area contributed by atoms with E-state index in [0.717, 1.165) is 18.4 Å². The molecule has 0 aliphatic carbocycles. The van der Waals surface area contributed by atoms with Gasteiger partial charge in [-0.2, -0.15) is 16.3 Å². The second-order valence-electron chi connectivity index (χ2n) is 6.60.